The largest absolute Gasteiger partial charge is 0.325 e. The number of aryl methyl sites for hydroxylation is 2. The minimum absolute atomic E-state index is 0.0659. The van der Waals surface area contributed by atoms with Crippen LogP contribution in [0.5, 0.6) is 0 Å². The van der Waals surface area contributed by atoms with Crippen LogP contribution in [0.1, 0.15) is 18.3 Å². The molecule has 0 fully saturated rings. The lowest BCUT2D eigenvalue weighted by atomic mass is 10.3. The molecule has 4 heteroatoms. The van der Waals surface area contributed by atoms with Gasteiger partial charge in [-0.1, -0.05) is 0 Å². The molecule has 0 saturated heterocycles. The number of nitrogens with zero attached hydrogens (tertiary/aromatic N) is 2. The molecule has 0 aliphatic carbocycles. The molecule has 4 nitrogen and oxygen atoms in total. The molecule has 1 N–H and O–H groups in total. The summed E-state index contributed by atoms with van der Waals surface area (Å²) in [7, 11) is 0. The van der Waals surface area contributed by atoms with Crippen molar-refractivity contribution in [3.8, 4) is 0 Å². The SMILES string of the molecule is CC(=O)Nc1ccc2nc(C)c(C)n2c1. The summed E-state index contributed by atoms with van der Waals surface area (Å²) in [4.78, 5) is 15.3. The van der Waals surface area contributed by atoms with Crippen LogP contribution in [-0.4, -0.2) is 15.3 Å². The highest BCUT2D eigenvalue weighted by Crippen LogP contribution is 2.14. The Labute approximate surface area is 87.9 Å². The van der Waals surface area contributed by atoms with Gasteiger partial charge in [-0.05, 0) is 26.0 Å². The number of carbonyl (C=O) groups is 1. The summed E-state index contributed by atoms with van der Waals surface area (Å²) in [6, 6.07) is 3.74. The van der Waals surface area contributed by atoms with E-state index in [9.17, 15) is 4.79 Å². The van der Waals surface area contributed by atoms with Crippen LogP contribution in [0.4, 0.5) is 5.69 Å². The zero-order valence-electron chi connectivity index (χ0n) is 9.03. The van der Waals surface area contributed by atoms with E-state index in [2.05, 4.69) is 10.3 Å². The van der Waals surface area contributed by atoms with Crippen LogP contribution >= 0.6 is 0 Å². The van der Waals surface area contributed by atoms with Crippen molar-refractivity contribution in [1.82, 2.24) is 9.38 Å². The van der Waals surface area contributed by atoms with Crippen molar-refractivity contribution < 1.29 is 4.79 Å². The molecule has 78 valence electrons. The zero-order chi connectivity index (χ0) is 11.0. The molecule has 2 aromatic heterocycles. The lowest BCUT2D eigenvalue weighted by Crippen LogP contribution is -2.06. The first-order chi connectivity index (χ1) is 7.08. The van der Waals surface area contributed by atoms with Crippen molar-refractivity contribution >= 4 is 17.2 Å². The molecule has 0 aliphatic heterocycles. The average molecular weight is 203 g/mol. The Balaban J connectivity index is 2.54. The number of pyridine rings is 1. The summed E-state index contributed by atoms with van der Waals surface area (Å²) in [6.45, 7) is 5.48. The van der Waals surface area contributed by atoms with Crippen molar-refractivity contribution in [1.29, 1.82) is 0 Å². The van der Waals surface area contributed by atoms with E-state index >= 15 is 0 Å². The lowest BCUT2D eigenvalue weighted by Gasteiger charge is -2.03. The molecule has 0 spiro atoms. The summed E-state index contributed by atoms with van der Waals surface area (Å²) in [6.07, 6.45) is 1.88. The number of aromatic nitrogens is 2. The predicted molar refractivity (Wildman–Crippen MR) is 59.0 cm³/mol. The molecule has 2 aromatic rings. The third-order valence-electron chi connectivity index (χ3n) is 2.41. The number of nitrogens with one attached hydrogen (secondary N) is 1. The lowest BCUT2D eigenvalue weighted by molar-refractivity contribution is -0.114. The Morgan fingerprint density at radius 1 is 1.40 bits per heavy atom. The number of amides is 1. The van der Waals surface area contributed by atoms with Gasteiger partial charge in [-0.3, -0.25) is 4.79 Å². The fourth-order valence-electron chi connectivity index (χ4n) is 1.56. The van der Waals surface area contributed by atoms with E-state index in [1.165, 1.54) is 6.92 Å². The number of fused-ring (bicyclic) bond motifs is 1. The minimum Gasteiger partial charge on any atom is -0.325 e. The van der Waals surface area contributed by atoms with Crippen LogP contribution < -0.4 is 5.32 Å². The van der Waals surface area contributed by atoms with Crippen LogP contribution in [-0.2, 0) is 4.79 Å². The molecular formula is C11H13N3O. The Hall–Kier alpha value is -1.84. The summed E-state index contributed by atoms with van der Waals surface area (Å²) in [5, 5.41) is 2.75. The normalized spacial score (nSPS) is 10.6. The second kappa shape index (κ2) is 3.38. The predicted octanol–water partition coefficient (Wildman–Crippen LogP) is 1.91. The number of hydrogen-bond donors (Lipinski definition) is 1. The van der Waals surface area contributed by atoms with Crippen molar-refractivity contribution in [2.24, 2.45) is 0 Å². The second-order valence-electron chi connectivity index (χ2n) is 3.61. The molecule has 0 bridgehead atoms. The first-order valence-electron chi connectivity index (χ1n) is 4.81. The standard InChI is InChI=1S/C11H13N3O/c1-7-8(2)14-6-10(13-9(3)15)4-5-11(14)12-7/h4-6H,1-3H3,(H,13,15). The molecule has 15 heavy (non-hydrogen) atoms. The molecule has 0 radical (unpaired) electrons. The monoisotopic (exact) mass is 203 g/mol. The van der Waals surface area contributed by atoms with E-state index in [-0.39, 0.29) is 5.91 Å². The van der Waals surface area contributed by atoms with Crippen LogP contribution in [0.15, 0.2) is 18.3 Å². The quantitative estimate of drug-likeness (QED) is 0.769. The number of rotatable bonds is 1. The van der Waals surface area contributed by atoms with Crippen molar-refractivity contribution in [2.75, 3.05) is 5.32 Å². The Kier molecular flexibility index (Phi) is 2.19. The Morgan fingerprint density at radius 3 is 2.80 bits per heavy atom. The van der Waals surface area contributed by atoms with Gasteiger partial charge in [0.05, 0.1) is 11.4 Å². The van der Waals surface area contributed by atoms with Gasteiger partial charge in [0.2, 0.25) is 5.91 Å². The molecule has 1 amide bonds. The van der Waals surface area contributed by atoms with Gasteiger partial charge in [0.1, 0.15) is 5.65 Å². The van der Waals surface area contributed by atoms with Crippen LogP contribution in [0.25, 0.3) is 5.65 Å². The van der Waals surface area contributed by atoms with Gasteiger partial charge in [0.15, 0.2) is 0 Å². The number of anilines is 1. The Morgan fingerprint density at radius 2 is 2.13 bits per heavy atom. The fourth-order valence-corrected chi connectivity index (χ4v) is 1.56. The highest BCUT2D eigenvalue weighted by molar-refractivity contribution is 5.88. The number of imidazole rings is 1. The van der Waals surface area contributed by atoms with E-state index in [0.717, 1.165) is 22.7 Å². The second-order valence-corrected chi connectivity index (χ2v) is 3.61. The first-order valence-corrected chi connectivity index (χ1v) is 4.81. The molecule has 0 aromatic carbocycles. The molecule has 2 heterocycles. The molecule has 0 aliphatic rings. The van der Waals surface area contributed by atoms with Crippen molar-refractivity contribution in [3.63, 3.8) is 0 Å². The van der Waals surface area contributed by atoms with Gasteiger partial charge >= 0.3 is 0 Å². The smallest absolute Gasteiger partial charge is 0.221 e. The van der Waals surface area contributed by atoms with Gasteiger partial charge < -0.3 is 9.72 Å². The first kappa shape index (κ1) is 9.71. The van der Waals surface area contributed by atoms with Gasteiger partial charge in [-0.2, -0.15) is 0 Å². The van der Waals surface area contributed by atoms with Gasteiger partial charge in [0.25, 0.3) is 0 Å². The molecule has 0 atom stereocenters. The highest BCUT2D eigenvalue weighted by atomic mass is 16.1. The van der Waals surface area contributed by atoms with Crippen LogP contribution in [0, 0.1) is 13.8 Å². The van der Waals surface area contributed by atoms with Crippen LogP contribution in [0.3, 0.4) is 0 Å². The molecule has 0 unspecified atom stereocenters. The maximum absolute atomic E-state index is 10.9. The van der Waals surface area contributed by atoms with Crippen molar-refractivity contribution in [3.05, 3.63) is 29.7 Å². The highest BCUT2D eigenvalue weighted by Gasteiger charge is 2.04. The topological polar surface area (TPSA) is 46.4 Å². The maximum atomic E-state index is 10.9. The zero-order valence-corrected chi connectivity index (χ0v) is 9.03. The summed E-state index contributed by atoms with van der Waals surface area (Å²) >= 11 is 0. The van der Waals surface area contributed by atoms with Crippen molar-refractivity contribution in [2.45, 2.75) is 20.8 Å². The third-order valence-corrected chi connectivity index (χ3v) is 2.41. The summed E-state index contributed by atoms with van der Waals surface area (Å²) < 4.78 is 1.97. The average Bonchev–Trinajstić information content (AvgIpc) is 2.43. The van der Waals surface area contributed by atoms with E-state index in [4.69, 9.17) is 0 Å². The maximum Gasteiger partial charge on any atom is 0.221 e. The van der Waals surface area contributed by atoms with E-state index in [1.54, 1.807) is 0 Å². The van der Waals surface area contributed by atoms with E-state index in [1.807, 2.05) is 36.6 Å². The fraction of sp³-hybridized carbons (Fsp3) is 0.273. The van der Waals surface area contributed by atoms with E-state index in [0.29, 0.717) is 0 Å². The summed E-state index contributed by atoms with van der Waals surface area (Å²) in [5.74, 6) is -0.0659. The number of carbonyl (C=O) groups excluding carboxylic acids is 1. The summed E-state index contributed by atoms with van der Waals surface area (Å²) in [5.41, 5.74) is 3.79. The minimum atomic E-state index is -0.0659. The molecule has 0 saturated carbocycles. The van der Waals surface area contributed by atoms with E-state index < -0.39 is 0 Å². The molecular weight excluding hydrogens is 190 g/mol. The third kappa shape index (κ3) is 1.70. The molecule has 2 rings (SSSR count). The number of hydrogen-bond acceptors (Lipinski definition) is 2. The van der Waals surface area contributed by atoms with Gasteiger partial charge in [-0.15, -0.1) is 0 Å². The van der Waals surface area contributed by atoms with Gasteiger partial charge in [-0.25, -0.2) is 4.98 Å². The van der Waals surface area contributed by atoms with Crippen LogP contribution in [0.2, 0.25) is 0 Å². The Bertz CT molecular complexity index is 528. The van der Waals surface area contributed by atoms with Gasteiger partial charge in [0, 0.05) is 18.8 Å².